The molecule has 2 amide bonds. The summed E-state index contributed by atoms with van der Waals surface area (Å²) in [5.41, 5.74) is -3.66. The monoisotopic (exact) mass is 635 g/mol. The van der Waals surface area contributed by atoms with Crippen molar-refractivity contribution in [1.29, 1.82) is 0 Å². The number of fused-ring (bicyclic) bond motifs is 1. The molecular formula is C30H21F8N5O2. The number of rotatable bonds is 4. The fourth-order valence-corrected chi connectivity index (χ4v) is 5.78. The van der Waals surface area contributed by atoms with Crippen molar-refractivity contribution in [2.75, 3.05) is 18.0 Å². The normalized spacial score (nSPS) is 16.0. The highest BCUT2D eigenvalue weighted by atomic mass is 19.4. The highest BCUT2D eigenvalue weighted by Gasteiger charge is 2.43. The molecule has 0 aliphatic carbocycles. The van der Waals surface area contributed by atoms with Crippen LogP contribution in [0.2, 0.25) is 0 Å². The lowest BCUT2D eigenvalue weighted by Crippen LogP contribution is -2.48. The smallest absolute Gasteiger partial charge is 0.337 e. The van der Waals surface area contributed by atoms with E-state index in [1.54, 1.807) is 6.07 Å². The largest absolute Gasteiger partial charge is 0.417 e. The summed E-state index contributed by atoms with van der Waals surface area (Å²) in [6, 6.07) is 7.63. The Morgan fingerprint density at radius 3 is 2.24 bits per heavy atom. The number of likely N-dealkylation sites (tertiary alicyclic amines) is 1. The molecule has 2 aromatic carbocycles. The first-order valence-corrected chi connectivity index (χ1v) is 13.6. The number of piperidine rings is 1. The van der Waals surface area contributed by atoms with Gasteiger partial charge in [-0.1, -0.05) is 6.07 Å². The first-order chi connectivity index (χ1) is 21.2. The van der Waals surface area contributed by atoms with Gasteiger partial charge in [-0.15, -0.1) is 0 Å². The molecule has 2 aliphatic rings. The Labute approximate surface area is 249 Å². The van der Waals surface area contributed by atoms with Crippen LogP contribution in [0.4, 0.5) is 40.8 Å². The lowest BCUT2D eigenvalue weighted by atomic mass is 10.0. The molecule has 0 N–H and O–H groups in total. The molecule has 45 heavy (non-hydrogen) atoms. The second-order valence-corrected chi connectivity index (χ2v) is 10.6. The van der Waals surface area contributed by atoms with Gasteiger partial charge >= 0.3 is 12.4 Å². The van der Waals surface area contributed by atoms with Crippen LogP contribution in [0.1, 0.15) is 40.0 Å². The zero-order chi connectivity index (χ0) is 32.3. The average molecular weight is 636 g/mol. The van der Waals surface area contributed by atoms with Crippen LogP contribution in [-0.4, -0.2) is 50.6 Å². The summed E-state index contributed by atoms with van der Waals surface area (Å²) in [6.07, 6.45) is -7.46. The molecule has 4 aromatic rings. The van der Waals surface area contributed by atoms with Crippen molar-refractivity contribution >= 4 is 17.5 Å². The van der Waals surface area contributed by atoms with Gasteiger partial charge in [0.25, 0.3) is 5.91 Å². The number of hydrogen-bond donors (Lipinski definition) is 0. The summed E-state index contributed by atoms with van der Waals surface area (Å²) in [6.45, 7) is 0.181. The van der Waals surface area contributed by atoms with E-state index in [0.717, 1.165) is 16.8 Å². The number of hydrogen-bond acceptors (Lipinski definition) is 4. The predicted molar refractivity (Wildman–Crippen MR) is 143 cm³/mol. The van der Waals surface area contributed by atoms with Gasteiger partial charge < -0.3 is 9.80 Å². The molecule has 15 heteroatoms. The predicted octanol–water partition coefficient (Wildman–Crippen LogP) is 6.44. The van der Waals surface area contributed by atoms with Gasteiger partial charge in [-0.2, -0.15) is 31.4 Å². The van der Waals surface area contributed by atoms with Crippen molar-refractivity contribution in [2.45, 2.75) is 37.7 Å². The van der Waals surface area contributed by atoms with Crippen LogP contribution in [-0.2, 0) is 23.6 Å². The SMILES string of the molecule is O=C(c1cc(-c2cccnc2)n(-c2ccc(C(F)(F)F)c(C(F)(F)F)c2)n1)N1CCC(N2C(=O)Cc3ccc(F)c(F)c32)CC1. The van der Waals surface area contributed by atoms with E-state index in [4.69, 9.17) is 0 Å². The molecule has 6 rings (SSSR count). The van der Waals surface area contributed by atoms with Crippen molar-refractivity contribution in [1.82, 2.24) is 19.7 Å². The lowest BCUT2D eigenvalue weighted by Gasteiger charge is -2.36. The molecule has 2 aromatic heterocycles. The molecule has 0 bridgehead atoms. The molecule has 7 nitrogen and oxygen atoms in total. The van der Waals surface area contributed by atoms with Crippen molar-refractivity contribution in [2.24, 2.45) is 0 Å². The van der Waals surface area contributed by atoms with Gasteiger partial charge in [0, 0.05) is 37.1 Å². The maximum atomic E-state index is 14.6. The van der Waals surface area contributed by atoms with E-state index in [0.29, 0.717) is 23.3 Å². The molecule has 0 radical (unpaired) electrons. The third-order valence-corrected chi connectivity index (χ3v) is 7.87. The van der Waals surface area contributed by atoms with Gasteiger partial charge in [0.05, 0.1) is 34.6 Å². The summed E-state index contributed by atoms with van der Waals surface area (Å²) in [5.74, 6) is -3.22. The highest BCUT2D eigenvalue weighted by molar-refractivity contribution is 6.02. The summed E-state index contributed by atoms with van der Waals surface area (Å²) < 4.78 is 111. The van der Waals surface area contributed by atoms with Crippen LogP contribution in [0.15, 0.2) is 60.9 Å². The maximum Gasteiger partial charge on any atom is 0.417 e. The van der Waals surface area contributed by atoms with Gasteiger partial charge in [-0.3, -0.25) is 14.6 Å². The number of nitrogens with zero attached hydrogens (tertiary/aromatic N) is 5. The number of benzene rings is 2. The number of halogens is 8. The summed E-state index contributed by atoms with van der Waals surface area (Å²) in [5, 5.41) is 4.20. The Hall–Kier alpha value is -4.82. The van der Waals surface area contributed by atoms with Crippen molar-refractivity contribution < 1.29 is 44.7 Å². The Morgan fingerprint density at radius 2 is 1.60 bits per heavy atom. The minimum Gasteiger partial charge on any atom is -0.337 e. The van der Waals surface area contributed by atoms with Crippen LogP contribution in [0.5, 0.6) is 0 Å². The number of amides is 2. The number of carbonyl (C=O) groups is 2. The summed E-state index contributed by atoms with van der Waals surface area (Å²) in [4.78, 5) is 32.9. The third-order valence-electron chi connectivity index (χ3n) is 7.87. The topological polar surface area (TPSA) is 71.3 Å². The number of aromatic nitrogens is 3. The molecule has 1 fully saturated rings. The van der Waals surface area contributed by atoms with Crippen molar-refractivity contribution in [3.8, 4) is 16.9 Å². The van der Waals surface area contributed by atoms with E-state index < -0.39 is 53.0 Å². The second kappa shape index (κ2) is 11.0. The Balaban J connectivity index is 1.30. The van der Waals surface area contributed by atoms with Gasteiger partial charge in [-0.05, 0) is 60.9 Å². The van der Waals surface area contributed by atoms with E-state index in [1.165, 1.54) is 40.4 Å². The zero-order valence-corrected chi connectivity index (χ0v) is 23.0. The second-order valence-electron chi connectivity index (χ2n) is 10.6. The van der Waals surface area contributed by atoms with Gasteiger partial charge in [0.1, 0.15) is 0 Å². The molecule has 0 unspecified atom stereocenters. The maximum absolute atomic E-state index is 14.6. The molecule has 0 atom stereocenters. The summed E-state index contributed by atoms with van der Waals surface area (Å²) >= 11 is 0. The first-order valence-electron chi connectivity index (χ1n) is 13.6. The van der Waals surface area contributed by atoms with E-state index in [2.05, 4.69) is 10.1 Å². The van der Waals surface area contributed by atoms with Gasteiger partial charge in [-0.25, -0.2) is 13.5 Å². The standard InChI is InChI=1S/C30H21F8N5O2/c31-22-6-3-16-12-25(44)42(27(16)26(22)32)18-7-10-41(11-8-18)28(45)23-14-24(17-2-1-9-39-15-17)43(40-23)19-4-5-20(29(33,34)35)21(13-19)30(36,37)38/h1-6,9,13-15,18H,7-8,10-12H2. The van der Waals surface area contributed by atoms with Crippen LogP contribution < -0.4 is 4.90 Å². The van der Waals surface area contributed by atoms with Crippen LogP contribution in [0.3, 0.4) is 0 Å². The molecule has 0 spiro atoms. The number of alkyl halides is 6. The van der Waals surface area contributed by atoms with Crippen molar-refractivity contribution in [3.05, 3.63) is 94.9 Å². The van der Waals surface area contributed by atoms with Crippen LogP contribution in [0, 0.1) is 11.6 Å². The van der Waals surface area contributed by atoms with E-state index in [9.17, 15) is 44.7 Å². The Morgan fingerprint density at radius 1 is 0.889 bits per heavy atom. The van der Waals surface area contributed by atoms with Crippen LogP contribution >= 0.6 is 0 Å². The Bertz CT molecular complexity index is 1790. The van der Waals surface area contributed by atoms with E-state index in [-0.39, 0.29) is 55.1 Å². The minimum absolute atomic E-state index is 0.0831. The fourth-order valence-electron chi connectivity index (χ4n) is 5.78. The fraction of sp³-hybridized carbons (Fsp3) is 0.267. The Kier molecular flexibility index (Phi) is 7.36. The molecule has 0 saturated carbocycles. The number of anilines is 1. The lowest BCUT2D eigenvalue weighted by molar-refractivity contribution is -0.162. The highest BCUT2D eigenvalue weighted by Crippen LogP contribution is 2.42. The minimum atomic E-state index is -5.34. The molecule has 2 aliphatic heterocycles. The van der Waals surface area contributed by atoms with E-state index in [1.807, 2.05) is 0 Å². The number of pyridine rings is 1. The molecule has 4 heterocycles. The first kappa shape index (κ1) is 30.2. The van der Waals surface area contributed by atoms with E-state index >= 15 is 0 Å². The zero-order valence-electron chi connectivity index (χ0n) is 23.0. The van der Waals surface area contributed by atoms with Gasteiger partial charge in [0.2, 0.25) is 5.91 Å². The molecule has 234 valence electrons. The third kappa shape index (κ3) is 5.51. The van der Waals surface area contributed by atoms with Crippen LogP contribution in [0.25, 0.3) is 16.9 Å². The van der Waals surface area contributed by atoms with Crippen molar-refractivity contribution in [3.63, 3.8) is 0 Å². The quantitative estimate of drug-likeness (QED) is 0.242. The molecular weight excluding hydrogens is 614 g/mol. The number of carbonyl (C=O) groups excluding carboxylic acids is 2. The molecule has 1 saturated heterocycles. The summed E-state index contributed by atoms with van der Waals surface area (Å²) in [7, 11) is 0. The van der Waals surface area contributed by atoms with Gasteiger partial charge in [0.15, 0.2) is 17.3 Å². The average Bonchev–Trinajstić information content (AvgIpc) is 3.60.